The van der Waals surface area contributed by atoms with E-state index in [1.165, 1.54) is 16.7 Å². The first-order valence-electron chi connectivity index (χ1n) is 9.13. The first-order valence-corrected chi connectivity index (χ1v) is 9.13. The van der Waals surface area contributed by atoms with Gasteiger partial charge in [-0.3, -0.25) is 4.79 Å². The molecule has 0 spiro atoms. The van der Waals surface area contributed by atoms with Crippen molar-refractivity contribution in [2.75, 3.05) is 0 Å². The van der Waals surface area contributed by atoms with Crippen LogP contribution in [-0.4, -0.2) is 10.8 Å². The standard InChI is InChI=1S/C23H27NO/c1-16(2)21-15-22(20-13-9-6-10-14-20)24(23(25)17(21)3)18(4)19-11-7-5-8-12-19/h5-14,16,18,22H,15H2,1-4H3/t18-,22-/m1/s1. The Morgan fingerprint density at radius 3 is 2.04 bits per heavy atom. The lowest BCUT2D eigenvalue weighted by atomic mass is 9.83. The van der Waals surface area contributed by atoms with Gasteiger partial charge < -0.3 is 4.90 Å². The average molecular weight is 333 g/mol. The third-order valence-corrected chi connectivity index (χ3v) is 5.37. The summed E-state index contributed by atoms with van der Waals surface area (Å²) in [6.45, 7) is 8.50. The Labute approximate surface area is 151 Å². The number of nitrogens with zero attached hydrogens (tertiary/aromatic N) is 1. The van der Waals surface area contributed by atoms with Crippen molar-refractivity contribution in [3.05, 3.63) is 82.9 Å². The van der Waals surface area contributed by atoms with Gasteiger partial charge in [0.1, 0.15) is 0 Å². The van der Waals surface area contributed by atoms with E-state index < -0.39 is 0 Å². The molecule has 1 amide bonds. The van der Waals surface area contributed by atoms with Crippen molar-refractivity contribution >= 4 is 5.91 Å². The Morgan fingerprint density at radius 1 is 0.920 bits per heavy atom. The molecule has 0 N–H and O–H groups in total. The summed E-state index contributed by atoms with van der Waals surface area (Å²) in [6, 6.07) is 20.9. The molecule has 1 heterocycles. The van der Waals surface area contributed by atoms with Gasteiger partial charge in [0.2, 0.25) is 5.91 Å². The Kier molecular flexibility index (Phi) is 5.08. The number of carbonyl (C=O) groups excluding carboxylic acids is 1. The normalized spacial score (nSPS) is 19.5. The summed E-state index contributed by atoms with van der Waals surface area (Å²) < 4.78 is 0. The van der Waals surface area contributed by atoms with Gasteiger partial charge in [-0.05, 0) is 37.3 Å². The lowest BCUT2D eigenvalue weighted by molar-refractivity contribution is -0.133. The SMILES string of the molecule is CC1=C(C(C)C)C[C@H](c2ccccc2)N([C@H](C)c2ccccc2)C1=O. The van der Waals surface area contributed by atoms with Crippen molar-refractivity contribution in [2.45, 2.75) is 46.2 Å². The molecule has 0 saturated carbocycles. The predicted molar refractivity (Wildman–Crippen MR) is 103 cm³/mol. The highest BCUT2D eigenvalue weighted by atomic mass is 16.2. The molecule has 0 aliphatic carbocycles. The molecule has 0 bridgehead atoms. The third kappa shape index (κ3) is 3.39. The highest BCUT2D eigenvalue weighted by molar-refractivity contribution is 5.95. The Morgan fingerprint density at radius 2 is 1.48 bits per heavy atom. The van der Waals surface area contributed by atoms with Gasteiger partial charge >= 0.3 is 0 Å². The van der Waals surface area contributed by atoms with Crippen LogP contribution in [0.3, 0.4) is 0 Å². The van der Waals surface area contributed by atoms with Gasteiger partial charge in [-0.15, -0.1) is 0 Å². The molecule has 130 valence electrons. The van der Waals surface area contributed by atoms with Crippen LogP contribution in [0.1, 0.15) is 57.3 Å². The van der Waals surface area contributed by atoms with E-state index in [9.17, 15) is 4.79 Å². The second kappa shape index (κ2) is 7.26. The molecular formula is C23H27NO. The van der Waals surface area contributed by atoms with Crippen LogP contribution in [0.25, 0.3) is 0 Å². The second-order valence-corrected chi connectivity index (χ2v) is 7.23. The van der Waals surface area contributed by atoms with Gasteiger partial charge in [-0.1, -0.05) is 80.1 Å². The molecule has 0 fully saturated rings. The molecular weight excluding hydrogens is 306 g/mol. The van der Waals surface area contributed by atoms with Gasteiger partial charge in [-0.25, -0.2) is 0 Å². The largest absolute Gasteiger partial charge is 0.325 e. The van der Waals surface area contributed by atoms with Crippen LogP contribution in [0.15, 0.2) is 71.8 Å². The fraction of sp³-hybridized carbons (Fsp3) is 0.348. The molecule has 2 heteroatoms. The van der Waals surface area contributed by atoms with Gasteiger partial charge in [0.15, 0.2) is 0 Å². The van der Waals surface area contributed by atoms with E-state index in [1.54, 1.807) is 0 Å². The van der Waals surface area contributed by atoms with Gasteiger partial charge in [0.25, 0.3) is 0 Å². The second-order valence-electron chi connectivity index (χ2n) is 7.23. The lowest BCUT2D eigenvalue weighted by Gasteiger charge is -2.42. The Hall–Kier alpha value is -2.35. The summed E-state index contributed by atoms with van der Waals surface area (Å²) in [6.07, 6.45) is 0.913. The molecule has 0 unspecified atom stereocenters. The summed E-state index contributed by atoms with van der Waals surface area (Å²) >= 11 is 0. The maximum absolute atomic E-state index is 13.3. The van der Waals surface area contributed by atoms with Gasteiger partial charge in [-0.2, -0.15) is 0 Å². The molecule has 0 radical (unpaired) electrons. The fourth-order valence-electron chi connectivity index (χ4n) is 3.89. The van der Waals surface area contributed by atoms with Crippen molar-refractivity contribution in [1.29, 1.82) is 0 Å². The minimum Gasteiger partial charge on any atom is -0.325 e. The van der Waals surface area contributed by atoms with Crippen molar-refractivity contribution in [3.63, 3.8) is 0 Å². The van der Waals surface area contributed by atoms with Gasteiger partial charge in [0.05, 0.1) is 12.1 Å². The predicted octanol–water partition coefficient (Wildman–Crippen LogP) is 5.69. The van der Waals surface area contributed by atoms with Crippen molar-refractivity contribution in [1.82, 2.24) is 4.90 Å². The highest BCUT2D eigenvalue weighted by Crippen LogP contribution is 2.42. The maximum Gasteiger partial charge on any atom is 0.250 e. The molecule has 0 saturated heterocycles. The van der Waals surface area contributed by atoms with E-state index in [4.69, 9.17) is 0 Å². The molecule has 3 rings (SSSR count). The number of rotatable bonds is 4. The summed E-state index contributed by atoms with van der Waals surface area (Å²) in [5.74, 6) is 0.560. The summed E-state index contributed by atoms with van der Waals surface area (Å²) in [7, 11) is 0. The van der Waals surface area contributed by atoms with Crippen LogP contribution in [0.4, 0.5) is 0 Å². The summed E-state index contributed by atoms with van der Waals surface area (Å²) in [4.78, 5) is 15.4. The quantitative estimate of drug-likeness (QED) is 0.703. The zero-order valence-corrected chi connectivity index (χ0v) is 15.6. The topological polar surface area (TPSA) is 20.3 Å². The molecule has 2 atom stereocenters. The maximum atomic E-state index is 13.3. The van der Waals surface area contributed by atoms with E-state index in [0.29, 0.717) is 5.92 Å². The molecule has 2 aromatic carbocycles. The lowest BCUT2D eigenvalue weighted by Crippen LogP contribution is -2.41. The van der Waals surface area contributed by atoms with Crippen molar-refractivity contribution in [3.8, 4) is 0 Å². The minimum absolute atomic E-state index is 0.0440. The molecule has 1 aliphatic heterocycles. The van der Waals surface area contributed by atoms with Crippen LogP contribution in [0.5, 0.6) is 0 Å². The monoisotopic (exact) mass is 333 g/mol. The Balaban J connectivity index is 2.07. The van der Waals surface area contributed by atoms with Gasteiger partial charge in [0, 0.05) is 5.57 Å². The van der Waals surface area contributed by atoms with Crippen LogP contribution in [-0.2, 0) is 4.79 Å². The van der Waals surface area contributed by atoms with E-state index in [2.05, 4.69) is 62.1 Å². The fourth-order valence-corrected chi connectivity index (χ4v) is 3.89. The van der Waals surface area contributed by atoms with Crippen molar-refractivity contribution in [2.24, 2.45) is 5.92 Å². The smallest absolute Gasteiger partial charge is 0.250 e. The van der Waals surface area contributed by atoms with E-state index in [-0.39, 0.29) is 18.0 Å². The van der Waals surface area contributed by atoms with Crippen molar-refractivity contribution < 1.29 is 4.79 Å². The molecule has 2 nitrogen and oxygen atoms in total. The molecule has 2 aromatic rings. The minimum atomic E-state index is 0.0440. The molecule has 25 heavy (non-hydrogen) atoms. The van der Waals surface area contributed by atoms with E-state index in [1.807, 2.05) is 31.2 Å². The highest BCUT2D eigenvalue weighted by Gasteiger charge is 2.37. The van der Waals surface area contributed by atoms with Crippen LogP contribution in [0.2, 0.25) is 0 Å². The van der Waals surface area contributed by atoms with Crippen LogP contribution in [0, 0.1) is 5.92 Å². The third-order valence-electron chi connectivity index (χ3n) is 5.37. The summed E-state index contributed by atoms with van der Waals surface area (Å²) in [5, 5.41) is 0. The Bertz CT molecular complexity index is 761. The number of amides is 1. The average Bonchev–Trinajstić information content (AvgIpc) is 2.64. The number of hydrogen-bond acceptors (Lipinski definition) is 1. The number of carbonyl (C=O) groups is 1. The van der Waals surface area contributed by atoms with Crippen LogP contribution >= 0.6 is 0 Å². The summed E-state index contributed by atoms with van der Waals surface area (Å²) in [5.41, 5.74) is 4.60. The van der Waals surface area contributed by atoms with E-state index >= 15 is 0 Å². The number of hydrogen-bond donors (Lipinski definition) is 0. The zero-order valence-electron chi connectivity index (χ0n) is 15.6. The van der Waals surface area contributed by atoms with Crippen LogP contribution < -0.4 is 0 Å². The molecule has 0 aromatic heterocycles. The number of benzene rings is 2. The zero-order chi connectivity index (χ0) is 18.0. The molecule has 1 aliphatic rings. The first-order chi connectivity index (χ1) is 12.0. The van der Waals surface area contributed by atoms with E-state index in [0.717, 1.165) is 12.0 Å². The first kappa shape index (κ1) is 17.5.